The van der Waals surface area contributed by atoms with Crippen LogP contribution in [0.2, 0.25) is 0 Å². The smallest absolute Gasteiger partial charge is 0.360 e. The second-order valence-electron chi connectivity index (χ2n) is 3.21. The van der Waals surface area contributed by atoms with Gasteiger partial charge in [-0.3, -0.25) is 4.90 Å². The Balaban J connectivity index is 2.84. The quantitative estimate of drug-likeness (QED) is 0.478. The van der Waals surface area contributed by atoms with E-state index in [-0.39, 0.29) is 0 Å². The summed E-state index contributed by atoms with van der Waals surface area (Å²) in [7, 11) is 5.56. The molecular formula is C9H14N3O+. The number of hydrogen-bond donors (Lipinski definition) is 0. The molecule has 1 unspecified atom stereocenters. The maximum Gasteiger partial charge on any atom is 0.381 e. The van der Waals surface area contributed by atoms with Crippen LogP contribution in [-0.2, 0) is 4.74 Å². The van der Waals surface area contributed by atoms with Crippen molar-refractivity contribution in [3.05, 3.63) is 28.9 Å². The minimum atomic E-state index is -0.395. The van der Waals surface area contributed by atoms with Crippen LogP contribution in [0.4, 0.5) is 0 Å². The SMILES string of the molecule is COC1(N(C)C)C=CC([N+]#N)=CC1. The van der Waals surface area contributed by atoms with Crippen molar-refractivity contribution in [2.24, 2.45) is 0 Å². The number of methoxy groups -OCH3 is 1. The Morgan fingerprint density at radius 2 is 2.31 bits per heavy atom. The highest BCUT2D eigenvalue weighted by Gasteiger charge is 2.32. The van der Waals surface area contributed by atoms with E-state index in [4.69, 9.17) is 10.1 Å². The third kappa shape index (κ3) is 1.77. The van der Waals surface area contributed by atoms with Gasteiger partial charge in [0.1, 0.15) is 5.72 Å². The Morgan fingerprint density at radius 1 is 1.62 bits per heavy atom. The molecule has 1 rings (SSSR count). The van der Waals surface area contributed by atoms with Crippen LogP contribution in [0, 0.1) is 5.39 Å². The van der Waals surface area contributed by atoms with Gasteiger partial charge in [-0.1, -0.05) is 0 Å². The highest BCUT2D eigenvalue weighted by atomic mass is 16.5. The fraction of sp³-hybridized carbons (Fsp3) is 0.556. The maximum atomic E-state index is 8.52. The van der Waals surface area contributed by atoms with Gasteiger partial charge in [0.2, 0.25) is 5.39 Å². The van der Waals surface area contributed by atoms with Crippen LogP contribution < -0.4 is 0 Å². The highest BCUT2D eigenvalue weighted by Crippen LogP contribution is 2.26. The molecule has 4 nitrogen and oxygen atoms in total. The van der Waals surface area contributed by atoms with E-state index in [2.05, 4.69) is 4.98 Å². The second-order valence-corrected chi connectivity index (χ2v) is 3.21. The van der Waals surface area contributed by atoms with Gasteiger partial charge in [-0.15, -0.1) is 0 Å². The van der Waals surface area contributed by atoms with Crippen molar-refractivity contribution in [3.63, 3.8) is 0 Å². The van der Waals surface area contributed by atoms with E-state index in [1.165, 1.54) is 0 Å². The Hall–Kier alpha value is -1.18. The first-order chi connectivity index (χ1) is 6.14. The predicted molar refractivity (Wildman–Crippen MR) is 50.4 cm³/mol. The first-order valence-electron chi connectivity index (χ1n) is 4.12. The lowest BCUT2D eigenvalue weighted by Gasteiger charge is -2.35. The Morgan fingerprint density at radius 3 is 2.62 bits per heavy atom. The number of likely N-dealkylation sites (N-methyl/N-ethyl adjacent to an activating group) is 1. The zero-order valence-electron chi connectivity index (χ0n) is 8.19. The van der Waals surface area contributed by atoms with Gasteiger partial charge in [0.25, 0.3) is 0 Å². The topological polar surface area (TPSA) is 40.6 Å². The van der Waals surface area contributed by atoms with Crippen molar-refractivity contribution in [3.8, 4) is 0 Å². The van der Waals surface area contributed by atoms with Gasteiger partial charge in [0.15, 0.2) is 4.98 Å². The summed E-state index contributed by atoms with van der Waals surface area (Å²) in [6, 6.07) is 0. The van der Waals surface area contributed by atoms with Crippen LogP contribution in [0.1, 0.15) is 6.42 Å². The molecule has 0 radical (unpaired) electrons. The van der Waals surface area contributed by atoms with Gasteiger partial charge >= 0.3 is 5.70 Å². The van der Waals surface area contributed by atoms with Gasteiger partial charge in [-0.2, -0.15) is 0 Å². The van der Waals surface area contributed by atoms with Crippen molar-refractivity contribution < 1.29 is 4.74 Å². The number of nitrogens with zero attached hydrogens (tertiary/aromatic N) is 3. The molecule has 1 aliphatic carbocycles. The van der Waals surface area contributed by atoms with E-state index in [9.17, 15) is 0 Å². The van der Waals surface area contributed by atoms with Crippen molar-refractivity contribution in [2.45, 2.75) is 12.1 Å². The molecule has 0 aromatic heterocycles. The molecule has 0 bridgehead atoms. The molecular weight excluding hydrogens is 166 g/mol. The Bertz CT molecular complexity index is 288. The summed E-state index contributed by atoms with van der Waals surface area (Å²) in [5.41, 5.74) is 0.184. The summed E-state index contributed by atoms with van der Waals surface area (Å²) >= 11 is 0. The van der Waals surface area contributed by atoms with Crippen molar-refractivity contribution in [1.82, 2.24) is 4.90 Å². The molecule has 0 heterocycles. The molecule has 1 atom stereocenters. The normalized spacial score (nSPS) is 27.2. The minimum Gasteiger partial charge on any atom is -0.360 e. The maximum absolute atomic E-state index is 8.52. The molecule has 0 fully saturated rings. The number of allylic oxidation sites excluding steroid dienone is 1. The molecule has 0 saturated carbocycles. The van der Waals surface area contributed by atoms with Gasteiger partial charge in [-0.25, -0.2) is 0 Å². The van der Waals surface area contributed by atoms with Crippen molar-refractivity contribution in [2.75, 3.05) is 21.2 Å². The number of diazo groups is 1. The standard InChI is InChI=1S/C9H14N3O/c1-12(2)9(13-3)6-4-8(11-10)5-7-9/h4-6H,7H2,1-3H3/q+1. The van der Waals surface area contributed by atoms with Crippen LogP contribution in [0.25, 0.3) is 4.98 Å². The van der Waals surface area contributed by atoms with Crippen molar-refractivity contribution in [1.29, 1.82) is 5.39 Å². The molecule has 13 heavy (non-hydrogen) atoms. The van der Waals surface area contributed by atoms with Gasteiger partial charge in [0.05, 0.1) is 0 Å². The second kappa shape index (κ2) is 3.69. The van der Waals surface area contributed by atoms with E-state index < -0.39 is 5.72 Å². The molecule has 0 spiro atoms. The molecule has 0 aromatic rings. The summed E-state index contributed by atoms with van der Waals surface area (Å²) in [4.78, 5) is 5.09. The summed E-state index contributed by atoms with van der Waals surface area (Å²) in [5.74, 6) is 0. The average molecular weight is 180 g/mol. The molecule has 0 aliphatic heterocycles. The lowest BCUT2D eigenvalue weighted by atomic mass is 10.0. The fourth-order valence-electron chi connectivity index (χ4n) is 1.34. The van der Waals surface area contributed by atoms with Gasteiger partial charge in [0, 0.05) is 25.7 Å². The molecule has 1 aliphatic rings. The van der Waals surface area contributed by atoms with Crippen LogP contribution in [0.5, 0.6) is 0 Å². The molecule has 0 aromatic carbocycles. The zero-order chi connectivity index (χ0) is 9.90. The lowest BCUT2D eigenvalue weighted by molar-refractivity contribution is -0.0726. The molecule has 0 N–H and O–H groups in total. The molecule has 0 saturated heterocycles. The fourth-order valence-corrected chi connectivity index (χ4v) is 1.34. The predicted octanol–water partition coefficient (Wildman–Crippen LogP) is 1.59. The van der Waals surface area contributed by atoms with E-state index in [1.54, 1.807) is 13.2 Å². The van der Waals surface area contributed by atoms with Crippen LogP contribution in [0.3, 0.4) is 0 Å². The molecule has 70 valence electrons. The minimum absolute atomic E-state index is 0.395. The van der Waals surface area contributed by atoms with E-state index in [0.29, 0.717) is 12.1 Å². The Kier molecular flexibility index (Phi) is 2.81. The molecule has 4 heteroatoms. The van der Waals surface area contributed by atoms with Crippen LogP contribution in [-0.4, -0.2) is 31.8 Å². The average Bonchev–Trinajstić information content (AvgIpc) is 2.17. The lowest BCUT2D eigenvalue weighted by Crippen LogP contribution is -2.44. The summed E-state index contributed by atoms with van der Waals surface area (Å²) in [6.45, 7) is 0. The van der Waals surface area contributed by atoms with E-state index in [0.717, 1.165) is 0 Å². The van der Waals surface area contributed by atoms with E-state index in [1.807, 2.05) is 31.1 Å². The monoisotopic (exact) mass is 180 g/mol. The van der Waals surface area contributed by atoms with E-state index >= 15 is 0 Å². The third-order valence-electron chi connectivity index (χ3n) is 2.34. The summed E-state index contributed by atoms with van der Waals surface area (Å²) < 4.78 is 5.40. The number of ether oxygens (including phenoxy) is 1. The zero-order valence-corrected chi connectivity index (χ0v) is 8.19. The van der Waals surface area contributed by atoms with Crippen LogP contribution >= 0.6 is 0 Å². The summed E-state index contributed by atoms with van der Waals surface area (Å²) in [6.07, 6.45) is 6.16. The first-order valence-corrected chi connectivity index (χ1v) is 4.12. The number of rotatable bonds is 2. The third-order valence-corrected chi connectivity index (χ3v) is 2.34. The Labute approximate surface area is 78.1 Å². The van der Waals surface area contributed by atoms with Crippen LogP contribution in [0.15, 0.2) is 23.9 Å². The van der Waals surface area contributed by atoms with Gasteiger partial charge < -0.3 is 4.74 Å². The van der Waals surface area contributed by atoms with Crippen molar-refractivity contribution >= 4 is 0 Å². The molecule has 0 amide bonds. The summed E-state index contributed by atoms with van der Waals surface area (Å²) in [5, 5.41) is 8.52. The first kappa shape index (κ1) is 9.90. The highest BCUT2D eigenvalue weighted by molar-refractivity contribution is 5.31. The van der Waals surface area contributed by atoms with Gasteiger partial charge in [-0.05, 0) is 20.2 Å². The number of hydrogen-bond acceptors (Lipinski definition) is 3. The largest absolute Gasteiger partial charge is 0.381 e.